The average Bonchev–Trinajstić information content (AvgIpc) is 3.17. The van der Waals surface area contributed by atoms with Crippen molar-refractivity contribution in [3.63, 3.8) is 0 Å². The minimum Gasteiger partial charge on any atom is -0.357 e. The third-order valence-corrected chi connectivity index (χ3v) is 5.62. The highest BCUT2D eigenvalue weighted by atomic mass is 32.2. The summed E-state index contributed by atoms with van der Waals surface area (Å²) in [5.74, 6) is -2.06. The van der Waals surface area contributed by atoms with Crippen LogP contribution in [-0.2, 0) is 22.6 Å². The van der Waals surface area contributed by atoms with E-state index >= 15 is 0 Å². The molecule has 0 unspecified atom stereocenters. The summed E-state index contributed by atoms with van der Waals surface area (Å²) in [7, 11) is -1.70. The maximum atomic E-state index is 14.2. The van der Waals surface area contributed by atoms with E-state index in [0.29, 0.717) is 39.3 Å². The Morgan fingerprint density at radius 2 is 1.94 bits per heavy atom. The number of pyridine rings is 2. The Morgan fingerprint density at radius 3 is 2.65 bits per heavy atom. The van der Waals surface area contributed by atoms with Crippen LogP contribution < -0.4 is 10.9 Å². The predicted molar refractivity (Wildman–Crippen MR) is 115 cm³/mol. The molecule has 10 heteroatoms. The smallest absolute Gasteiger partial charge is 0.274 e. The SMILES string of the molecule is Cn1cc(-c2cc(CS(C)(=O)=O)ccc2Nc2ncc(F)cc2F)c2cc[nH]c2c1=O. The van der Waals surface area contributed by atoms with Crippen molar-refractivity contribution in [3.8, 4) is 11.1 Å². The molecule has 0 aliphatic carbocycles. The van der Waals surface area contributed by atoms with Gasteiger partial charge < -0.3 is 14.9 Å². The minimum absolute atomic E-state index is 0.186. The highest BCUT2D eigenvalue weighted by Gasteiger charge is 2.17. The van der Waals surface area contributed by atoms with Gasteiger partial charge in [-0.1, -0.05) is 6.07 Å². The van der Waals surface area contributed by atoms with Gasteiger partial charge in [0.15, 0.2) is 21.5 Å². The van der Waals surface area contributed by atoms with E-state index in [1.54, 1.807) is 43.7 Å². The first-order chi connectivity index (χ1) is 14.6. The third-order valence-electron chi connectivity index (χ3n) is 4.76. The Labute approximate surface area is 176 Å². The summed E-state index contributed by atoms with van der Waals surface area (Å²) in [4.78, 5) is 19.1. The van der Waals surface area contributed by atoms with E-state index in [-0.39, 0.29) is 17.1 Å². The van der Waals surface area contributed by atoms with Crippen molar-refractivity contribution in [1.82, 2.24) is 14.5 Å². The number of sulfone groups is 1. The first-order valence-corrected chi connectivity index (χ1v) is 11.2. The molecule has 1 aromatic carbocycles. The summed E-state index contributed by atoms with van der Waals surface area (Å²) < 4.78 is 52.5. The van der Waals surface area contributed by atoms with E-state index in [4.69, 9.17) is 0 Å². The zero-order valence-corrected chi connectivity index (χ0v) is 17.4. The van der Waals surface area contributed by atoms with Crippen molar-refractivity contribution in [1.29, 1.82) is 0 Å². The molecule has 0 bridgehead atoms. The number of aromatic nitrogens is 3. The number of nitrogens with one attached hydrogen (secondary N) is 2. The maximum Gasteiger partial charge on any atom is 0.274 e. The molecule has 160 valence electrons. The van der Waals surface area contributed by atoms with Crippen molar-refractivity contribution < 1.29 is 17.2 Å². The van der Waals surface area contributed by atoms with Crippen LogP contribution in [0.1, 0.15) is 5.56 Å². The number of benzene rings is 1. The molecule has 3 heterocycles. The van der Waals surface area contributed by atoms with Gasteiger partial charge in [0.25, 0.3) is 5.56 Å². The van der Waals surface area contributed by atoms with Crippen LogP contribution in [-0.4, -0.2) is 29.2 Å². The van der Waals surface area contributed by atoms with Gasteiger partial charge in [0, 0.05) is 54.0 Å². The molecule has 0 amide bonds. The Kier molecular flexibility index (Phi) is 5.10. The van der Waals surface area contributed by atoms with Gasteiger partial charge in [-0.3, -0.25) is 4.79 Å². The molecule has 31 heavy (non-hydrogen) atoms. The fourth-order valence-corrected chi connectivity index (χ4v) is 4.22. The van der Waals surface area contributed by atoms with Crippen LogP contribution in [0.4, 0.5) is 20.3 Å². The standard InChI is InChI=1S/C21H18F2N4O3S/c1-27-10-16(14-5-6-24-19(14)21(27)28)15-7-12(11-31(2,29)30)3-4-18(15)26-20-17(23)8-13(22)9-25-20/h3-10,24H,11H2,1-2H3,(H,25,26). The van der Waals surface area contributed by atoms with Crippen molar-refractivity contribution in [2.24, 2.45) is 7.05 Å². The number of H-pyrrole nitrogens is 1. The lowest BCUT2D eigenvalue weighted by atomic mass is 9.99. The van der Waals surface area contributed by atoms with E-state index in [9.17, 15) is 22.0 Å². The lowest BCUT2D eigenvalue weighted by Crippen LogP contribution is -2.16. The normalized spacial score (nSPS) is 11.7. The van der Waals surface area contributed by atoms with Crippen LogP contribution >= 0.6 is 0 Å². The lowest BCUT2D eigenvalue weighted by molar-refractivity contribution is 0.576. The van der Waals surface area contributed by atoms with E-state index < -0.39 is 21.5 Å². The van der Waals surface area contributed by atoms with Gasteiger partial charge in [-0.15, -0.1) is 0 Å². The van der Waals surface area contributed by atoms with E-state index in [2.05, 4.69) is 15.3 Å². The molecule has 0 saturated carbocycles. The van der Waals surface area contributed by atoms with Crippen LogP contribution in [0.3, 0.4) is 0 Å². The average molecular weight is 444 g/mol. The van der Waals surface area contributed by atoms with Crippen LogP contribution in [0.2, 0.25) is 0 Å². The van der Waals surface area contributed by atoms with Crippen molar-refractivity contribution in [2.45, 2.75) is 5.75 Å². The topological polar surface area (TPSA) is 96.8 Å². The number of fused-ring (bicyclic) bond motifs is 1. The second-order valence-corrected chi connectivity index (χ2v) is 9.42. The number of hydrogen-bond donors (Lipinski definition) is 2. The van der Waals surface area contributed by atoms with Gasteiger partial charge in [-0.05, 0) is 23.8 Å². The summed E-state index contributed by atoms with van der Waals surface area (Å²) in [5, 5.41) is 3.47. The first kappa shape index (κ1) is 20.7. The second kappa shape index (κ2) is 7.62. The number of aryl methyl sites for hydroxylation is 1. The Hall–Kier alpha value is -3.53. The molecular formula is C21H18F2N4O3S. The number of halogens is 2. The molecule has 0 aliphatic rings. The highest BCUT2D eigenvalue weighted by molar-refractivity contribution is 7.89. The maximum absolute atomic E-state index is 14.2. The fourth-order valence-electron chi connectivity index (χ4n) is 3.43. The molecular weight excluding hydrogens is 426 g/mol. The predicted octanol–water partition coefficient (Wildman–Crippen LogP) is 3.50. The molecule has 0 saturated heterocycles. The molecule has 0 radical (unpaired) electrons. The number of hydrogen-bond acceptors (Lipinski definition) is 5. The van der Waals surface area contributed by atoms with Crippen molar-refractivity contribution in [2.75, 3.05) is 11.6 Å². The molecule has 0 atom stereocenters. The molecule has 4 aromatic rings. The van der Waals surface area contributed by atoms with Crippen LogP contribution in [0.15, 0.2) is 53.7 Å². The van der Waals surface area contributed by atoms with Crippen molar-refractivity contribution >= 4 is 32.2 Å². The van der Waals surface area contributed by atoms with Gasteiger partial charge in [0.05, 0.1) is 11.9 Å². The Morgan fingerprint density at radius 1 is 1.16 bits per heavy atom. The van der Waals surface area contributed by atoms with Crippen molar-refractivity contribution in [3.05, 3.63) is 76.5 Å². The summed E-state index contributed by atoms with van der Waals surface area (Å²) in [6.45, 7) is 0. The lowest BCUT2D eigenvalue weighted by Gasteiger charge is -2.16. The number of rotatable bonds is 5. The summed E-state index contributed by atoms with van der Waals surface area (Å²) in [6, 6.07) is 7.31. The Bertz CT molecular complexity index is 1480. The molecule has 7 nitrogen and oxygen atoms in total. The summed E-state index contributed by atoms with van der Waals surface area (Å²) in [6.07, 6.45) is 5.27. The van der Waals surface area contributed by atoms with E-state index in [1.807, 2.05) is 0 Å². The molecule has 2 N–H and O–H groups in total. The molecule has 0 aliphatic heterocycles. The van der Waals surface area contributed by atoms with Gasteiger partial charge >= 0.3 is 0 Å². The summed E-state index contributed by atoms with van der Waals surface area (Å²) >= 11 is 0. The summed E-state index contributed by atoms with van der Waals surface area (Å²) in [5.41, 5.74) is 2.25. The monoisotopic (exact) mass is 444 g/mol. The number of anilines is 2. The third kappa shape index (κ3) is 4.19. The first-order valence-electron chi connectivity index (χ1n) is 9.18. The van der Waals surface area contributed by atoms with Gasteiger partial charge in [-0.25, -0.2) is 22.2 Å². The van der Waals surface area contributed by atoms with Crippen LogP contribution in [0.25, 0.3) is 22.0 Å². The second-order valence-electron chi connectivity index (χ2n) is 7.28. The largest absolute Gasteiger partial charge is 0.357 e. The fraction of sp³-hybridized carbons (Fsp3) is 0.143. The van der Waals surface area contributed by atoms with Crippen LogP contribution in [0.5, 0.6) is 0 Å². The van der Waals surface area contributed by atoms with Crippen LogP contribution in [0, 0.1) is 11.6 Å². The number of nitrogens with zero attached hydrogens (tertiary/aromatic N) is 2. The molecule has 0 spiro atoms. The van der Waals surface area contributed by atoms with E-state index in [1.165, 1.54) is 4.57 Å². The number of aromatic amines is 1. The van der Waals surface area contributed by atoms with Gasteiger partial charge in [0.2, 0.25) is 0 Å². The quantitative estimate of drug-likeness (QED) is 0.491. The van der Waals surface area contributed by atoms with Gasteiger partial charge in [-0.2, -0.15) is 0 Å². The molecule has 0 fully saturated rings. The zero-order chi connectivity index (χ0) is 22.3. The molecule has 3 aromatic heterocycles. The molecule has 4 rings (SSSR count). The zero-order valence-electron chi connectivity index (χ0n) is 16.6. The minimum atomic E-state index is -3.30. The highest BCUT2D eigenvalue weighted by Crippen LogP contribution is 2.35. The van der Waals surface area contributed by atoms with E-state index in [0.717, 1.165) is 12.5 Å². The Balaban J connectivity index is 1.94. The van der Waals surface area contributed by atoms with Gasteiger partial charge in [0.1, 0.15) is 11.3 Å².